The maximum Gasteiger partial charge on any atom is 0.246 e. The highest BCUT2D eigenvalue weighted by molar-refractivity contribution is 6.40. The third-order valence-electron chi connectivity index (χ3n) is 10.8. The number of piperazine rings is 1. The van der Waals surface area contributed by atoms with Crippen molar-refractivity contribution in [2.75, 3.05) is 39.3 Å². The summed E-state index contributed by atoms with van der Waals surface area (Å²) in [7, 11) is 0. The molecule has 2 unspecified atom stereocenters. The first-order valence-corrected chi connectivity index (χ1v) is 17.6. The molecule has 0 bridgehead atoms. The van der Waals surface area contributed by atoms with Gasteiger partial charge >= 0.3 is 0 Å². The Morgan fingerprint density at radius 3 is 2.63 bits per heavy atom. The molecule has 11 heteroatoms. The van der Waals surface area contributed by atoms with E-state index in [0.717, 1.165) is 49.9 Å². The Labute approximate surface area is 296 Å². The molecule has 1 amide bonds. The van der Waals surface area contributed by atoms with Gasteiger partial charge in [-0.15, -0.1) is 0 Å². The second-order valence-corrected chi connectivity index (χ2v) is 14.2. The van der Waals surface area contributed by atoms with Crippen LogP contribution in [0.1, 0.15) is 44.1 Å². The minimum absolute atomic E-state index is 0.0288. The molecule has 1 aliphatic carbocycles. The van der Waals surface area contributed by atoms with Crippen molar-refractivity contribution in [2.45, 2.75) is 56.1 Å². The number of nitriles is 2. The highest BCUT2D eigenvalue weighted by Gasteiger charge is 2.46. The fourth-order valence-electron chi connectivity index (χ4n) is 8.53. The summed E-state index contributed by atoms with van der Waals surface area (Å²) in [6.07, 6.45) is 9.84. The quantitative estimate of drug-likeness (QED) is 0.290. The van der Waals surface area contributed by atoms with Gasteiger partial charge in [-0.05, 0) is 73.5 Å². The van der Waals surface area contributed by atoms with E-state index in [1.54, 1.807) is 11.0 Å². The zero-order valence-corrected chi connectivity index (χ0v) is 28.7. The number of rotatable bonds is 7. The molecule has 2 aromatic carbocycles. The molecule has 0 aromatic heterocycles. The summed E-state index contributed by atoms with van der Waals surface area (Å²) >= 11 is 13.7. The van der Waals surface area contributed by atoms with E-state index in [1.807, 2.05) is 30.4 Å². The zero-order valence-electron chi connectivity index (χ0n) is 27.2. The Balaban J connectivity index is 1.33. The molecule has 49 heavy (non-hydrogen) atoms. The Hall–Kier alpha value is -4.15. The van der Waals surface area contributed by atoms with Gasteiger partial charge in [-0.2, -0.15) is 10.5 Å². The molecule has 3 saturated heterocycles. The number of halogens is 3. The minimum Gasteiger partial charge on any atom is -0.476 e. The van der Waals surface area contributed by atoms with E-state index in [-0.39, 0.29) is 41.3 Å². The van der Waals surface area contributed by atoms with Crippen molar-refractivity contribution in [3.63, 3.8) is 0 Å². The third kappa shape index (κ3) is 5.93. The number of carbonyl (C=O) groups is 1. The van der Waals surface area contributed by atoms with Crippen LogP contribution < -0.4 is 0 Å². The van der Waals surface area contributed by atoms with Crippen LogP contribution >= 0.6 is 23.2 Å². The van der Waals surface area contributed by atoms with E-state index in [2.05, 4.69) is 28.5 Å². The van der Waals surface area contributed by atoms with Crippen LogP contribution in [0.5, 0.6) is 0 Å². The van der Waals surface area contributed by atoms with E-state index in [9.17, 15) is 19.7 Å². The first-order valence-electron chi connectivity index (χ1n) is 16.9. The van der Waals surface area contributed by atoms with Gasteiger partial charge in [0.25, 0.3) is 0 Å². The highest BCUT2D eigenvalue weighted by atomic mass is 35.5. The Kier molecular flexibility index (Phi) is 9.28. The lowest BCUT2D eigenvalue weighted by Crippen LogP contribution is -2.56. The number of ether oxygens (including phenoxy) is 1. The summed E-state index contributed by atoms with van der Waals surface area (Å²) in [6.45, 7) is 7.53. The summed E-state index contributed by atoms with van der Waals surface area (Å²) in [4.78, 5) is 24.3. The van der Waals surface area contributed by atoms with Crippen LogP contribution in [-0.2, 0) is 9.53 Å². The van der Waals surface area contributed by atoms with Gasteiger partial charge in [-0.1, -0.05) is 60.1 Å². The Bertz CT molecular complexity index is 1910. The normalized spacial score (nSPS) is 24.8. The van der Waals surface area contributed by atoms with Crippen LogP contribution in [0.15, 0.2) is 76.4 Å². The SMILES string of the molecule is C=CC(=O)N1CCN(C2=C(CC#N)C(OCC34CCCN3CCC4)=NC3C=C(c4cccc5ccc(F)c(Cl)c45)C(Cl)=CC23)C[C@@H]1CC#N. The van der Waals surface area contributed by atoms with E-state index >= 15 is 0 Å². The molecule has 3 fully saturated rings. The molecule has 3 atom stereocenters. The van der Waals surface area contributed by atoms with E-state index in [0.29, 0.717) is 59.3 Å². The summed E-state index contributed by atoms with van der Waals surface area (Å²) in [6, 6.07) is 12.5. The smallest absolute Gasteiger partial charge is 0.246 e. The van der Waals surface area contributed by atoms with Gasteiger partial charge in [0.2, 0.25) is 11.8 Å². The number of hydrogen-bond donors (Lipinski definition) is 0. The van der Waals surface area contributed by atoms with Crippen molar-refractivity contribution in [3.05, 3.63) is 87.8 Å². The largest absolute Gasteiger partial charge is 0.476 e. The second-order valence-electron chi connectivity index (χ2n) is 13.4. The van der Waals surface area contributed by atoms with Gasteiger partial charge in [0, 0.05) is 47.2 Å². The summed E-state index contributed by atoms with van der Waals surface area (Å²) in [5.41, 5.74) is 2.92. The summed E-state index contributed by atoms with van der Waals surface area (Å²) in [5, 5.41) is 21.7. The highest BCUT2D eigenvalue weighted by Crippen LogP contribution is 2.45. The number of carbonyl (C=O) groups excluding carboxylic acids is 1. The number of hydrogen-bond acceptors (Lipinski definition) is 7. The van der Waals surface area contributed by atoms with Gasteiger partial charge in [0.05, 0.1) is 47.6 Å². The molecular weight excluding hydrogens is 662 g/mol. The molecule has 8 nitrogen and oxygen atoms in total. The van der Waals surface area contributed by atoms with Crippen molar-refractivity contribution in [1.29, 1.82) is 10.5 Å². The fraction of sp³-hybridized carbons (Fsp3) is 0.421. The van der Waals surface area contributed by atoms with Gasteiger partial charge in [0.15, 0.2) is 0 Å². The van der Waals surface area contributed by atoms with Crippen LogP contribution in [0.3, 0.4) is 0 Å². The van der Waals surface area contributed by atoms with Gasteiger partial charge in [-0.25, -0.2) is 9.38 Å². The van der Waals surface area contributed by atoms with Gasteiger partial charge in [0.1, 0.15) is 12.4 Å². The monoisotopic (exact) mass is 698 g/mol. The molecule has 4 heterocycles. The van der Waals surface area contributed by atoms with Gasteiger partial charge in [-0.3, -0.25) is 9.69 Å². The molecule has 4 aliphatic heterocycles. The van der Waals surface area contributed by atoms with Crippen LogP contribution in [0.2, 0.25) is 5.02 Å². The van der Waals surface area contributed by atoms with Crippen molar-refractivity contribution >= 4 is 51.4 Å². The average Bonchev–Trinajstić information content (AvgIpc) is 3.69. The molecule has 5 aliphatic rings. The molecule has 252 valence electrons. The van der Waals surface area contributed by atoms with Gasteiger partial charge < -0.3 is 14.5 Å². The van der Waals surface area contributed by atoms with Crippen LogP contribution in [0.25, 0.3) is 16.3 Å². The lowest BCUT2D eigenvalue weighted by molar-refractivity contribution is -0.130. The maximum absolute atomic E-state index is 14.7. The van der Waals surface area contributed by atoms with E-state index in [4.69, 9.17) is 32.9 Å². The molecule has 0 N–H and O–H groups in total. The van der Waals surface area contributed by atoms with E-state index < -0.39 is 11.9 Å². The molecule has 0 radical (unpaired) electrons. The van der Waals surface area contributed by atoms with Crippen LogP contribution in [0, 0.1) is 34.4 Å². The second kappa shape index (κ2) is 13.6. The average molecular weight is 700 g/mol. The number of benzene rings is 2. The number of allylic oxidation sites excluding steroid dienone is 2. The van der Waals surface area contributed by atoms with Crippen LogP contribution in [0.4, 0.5) is 4.39 Å². The number of dihydropyridines is 1. The predicted octanol–water partition coefficient (Wildman–Crippen LogP) is 6.97. The first-order chi connectivity index (χ1) is 23.8. The molecule has 0 spiro atoms. The standard InChI is InChI=1S/C38H37Cl2FN6O2/c1-2-33(48)47-19-18-45(22-25(47)10-14-42)36-27(11-15-43)37(49-23-38-12-4-16-46(38)17-5-13-38)44-32-21-28(30(39)20-29(32)36)26-7-3-6-24-8-9-31(41)35(40)34(24)26/h2-3,6-9,20-21,25,29,32H,1,4-5,10-13,16-19,22-23H2/t25-,29?,32?/m0/s1. The van der Waals surface area contributed by atoms with Crippen molar-refractivity contribution in [1.82, 2.24) is 14.7 Å². The van der Waals surface area contributed by atoms with Crippen molar-refractivity contribution in [2.24, 2.45) is 10.9 Å². The topological polar surface area (TPSA) is 96.0 Å². The molecule has 0 saturated carbocycles. The maximum atomic E-state index is 14.7. The minimum atomic E-state index is -0.512. The van der Waals surface area contributed by atoms with Crippen LogP contribution in [-0.4, -0.2) is 83.5 Å². The number of amides is 1. The molecule has 7 rings (SSSR count). The lowest BCUT2D eigenvalue weighted by atomic mass is 9.81. The summed E-state index contributed by atoms with van der Waals surface area (Å²) in [5.74, 6) is -0.627. The first kappa shape index (κ1) is 33.4. The summed E-state index contributed by atoms with van der Waals surface area (Å²) < 4.78 is 21.5. The predicted molar refractivity (Wildman–Crippen MR) is 189 cm³/mol. The third-order valence-corrected chi connectivity index (χ3v) is 11.5. The number of fused-ring (bicyclic) bond motifs is 3. The number of aliphatic imine (C=N–C) groups is 1. The van der Waals surface area contributed by atoms with Crippen molar-refractivity contribution < 1.29 is 13.9 Å². The Morgan fingerprint density at radius 2 is 1.90 bits per heavy atom. The fourth-order valence-corrected chi connectivity index (χ4v) is 9.11. The molecular formula is C38H37Cl2FN6O2. The number of nitrogens with zero attached hydrogens (tertiary/aromatic N) is 6. The Morgan fingerprint density at radius 1 is 1.10 bits per heavy atom. The van der Waals surface area contributed by atoms with E-state index in [1.165, 1.54) is 12.1 Å². The van der Waals surface area contributed by atoms with Crippen molar-refractivity contribution in [3.8, 4) is 12.1 Å². The zero-order chi connectivity index (χ0) is 34.3. The molecule has 2 aromatic rings. The lowest BCUT2D eigenvalue weighted by Gasteiger charge is -2.46.